The number of fused-ring (bicyclic) bond motifs is 2. The summed E-state index contributed by atoms with van der Waals surface area (Å²) in [5, 5.41) is 0. The zero-order valence-corrected chi connectivity index (χ0v) is 12.6. The normalized spacial score (nSPS) is 32.1. The van der Waals surface area contributed by atoms with Gasteiger partial charge in [-0.3, -0.25) is 0 Å². The molecule has 0 amide bonds. The van der Waals surface area contributed by atoms with E-state index < -0.39 is 0 Å². The van der Waals surface area contributed by atoms with Crippen LogP contribution in [-0.4, -0.2) is 31.2 Å². The summed E-state index contributed by atoms with van der Waals surface area (Å²) < 4.78 is 5.76. The van der Waals surface area contributed by atoms with Crippen molar-refractivity contribution in [3.63, 3.8) is 0 Å². The fourth-order valence-electron chi connectivity index (χ4n) is 3.94. The minimum absolute atomic E-state index is 0.115. The Hall–Kier alpha value is -1.35. The van der Waals surface area contributed by atoms with Gasteiger partial charge in [-0.05, 0) is 26.0 Å². The number of aryl methyl sites for hydroxylation is 2. The summed E-state index contributed by atoms with van der Waals surface area (Å²) in [5.41, 5.74) is 2.93. The second-order valence-corrected chi connectivity index (χ2v) is 6.59. The van der Waals surface area contributed by atoms with Gasteiger partial charge in [0, 0.05) is 25.7 Å². The minimum Gasteiger partial charge on any atom is -0.458 e. The number of carbonyl (C=O) groups excluding carboxylic acids is 1. The highest BCUT2D eigenvalue weighted by Gasteiger charge is 2.43. The Kier molecular flexibility index (Phi) is 3.55. The lowest BCUT2D eigenvalue weighted by atomic mass is 10.0. The van der Waals surface area contributed by atoms with Crippen molar-refractivity contribution < 1.29 is 14.4 Å². The summed E-state index contributed by atoms with van der Waals surface area (Å²) in [6.45, 7) is 4.03. The van der Waals surface area contributed by atoms with Gasteiger partial charge in [0.2, 0.25) is 0 Å². The van der Waals surface area contributed by atoms with Crippen molar-refractivity contribution >= 4 is 5.97 Å². The van der Waals surface area contributed by atoms with E-state index in [1.165, 1.54) is 12.8 Å². The molecule has 0 spiro atoms. The van der Waals surface area contributed by atoms with Crippen LogP contribution in [0.1, 0.15) is 47.2 Å². The number of nitrogens with one attached hydrogen (secondary N) is 1. The monoisotopic (exact) mass is 274 g/mol. The first kappa shape index (κ1) is 13.6. The van der Waals surface area contributed by atoms with Gasteiger partial charge in [0.05, 0.1) is 24.7 Å². The van der Waals surface area contributed by atoms with Crippen LogP contribution in [0.2, 0.25) is 0 Å². The van der Waals surface area contributed by atoms with E-state index in [0.29, 0.717) is 17.6 Å². The number of benzene rings is 1. The average molecular weight is 274 g/mol. The Morgan fingerprint density at radius 2 is 1.65 bits per heavy atom. The van der Waals surface area contributed by atoms with Gasteiger partial charge in [-0.15, -0.1) is 0 Å². The number of hydrogen-bond donors (Lipinski definition) is 1. The zero-order chi connectivity index (χ0) is 14.3. The first-order chi connectivity index (χ1) is 9.52. The topological polar surface area (TPSA) is 30.7 Å². The molecule has 2 aliphatic rings. The molecule has 0 aliphatic carbocycles. The molecule has 2 bridgehead atoms. The third kappa shape index (κ3) is 2.59. The van der Waals surface area contributed by atoms with Gasteiger partial charge in [0.25, 0.3) is 0 Å². The van der Waals surface area contributed by atoms with E-state index in [1.54, 1.807) is 4.90 Å². The quantitative estimate of drug-likeness (QED) is 0.832. The Bertz CT molecular complexity index is 491. The van der Waals surface area contributed by atoms with Crippen molar-refractivity contribution in [2.24, 2.45) is 0 Å². The fraction of sp³-hybridized carbons (Fsp3) is 0.588. The van der Waals surface area contributed by atoms with Crippen LogP contribution in [0, 0.1) is 13.8 Å². The molecule has 20 heavy (non-hydrogen) atoms. The predicted molar refractivity (Wildman–Crippen MR) is 78.1 cm³/mol. The molecule has 0 radical (unpaired) electrons. The summed E-state index contributed by atoms with van der Waals surface area (Å²) in [7, 11) is 2.28. The van der Waals surface area contributed by atoms with Crippen LogP contribution in [0.3, 0.4) is 0 Å². The van der Waals surface area contributed by atoms with Gasteiger partial charge in [-0.1, -0.05) is 17.2 Å². The molecule has 1 N–H and O–H groups in total. The highest BCUT2D eigenvalue weighted by atomic mass is 16.5. The van der Waals surface area contributed by atoms with Gasteiger partial charge in [0.1, 0.15) is 6.10 Å². The second-order valence-electron chi connectivity index (χ2n) is 6.59. The molecule has 2 heterocycles. The standard InChI is InChI=1S/C17H23NO2/c1-11-6-12(2)8-13(7-11)17(19)20-16-9-14-4-5-15(10-16)18(14)3/h6-8,14-16H,4-5,9-10H2,1-3H3/p+1/t14-,15-/m1/s1. The lowest BCUT2D eigenvalue weighted by Gasteiger charge is -2.33. The van der Waals surface area contributed by atoms with Crippen LogP contribution in [0.15, 0.2) is 18.2 Å². The summed E-state index contributed by atoms with van der Waals surface area (Å²) in [4.78, 5) is 13.9. The number of carbonyl (C=O) groups is 1. The SMILES string of the molecule is Cc1cc(C)cc(C(=O)OC2C[C@H]3CC[C@H](C2)[NH+]3C)c1. The van der Waals surface area contributed by atoms with Crippen LogP contribution in [0.25, 0.3) is 0 Å². The first-order valence-electron chi connectivity index (χ1n) is 7.65. The van der Waals surface area contributed by atoms with Crippen molar-refractivity contribution in [1.82, 2.24) is 0 Å². The predicted octanol–water partition coefficient (Wildman–Crippen LogP) is 1.67. The van der Waals surface area contributed by atoms with Crippen LogP contribution < -0.4 is 4.90 Å². The van der Waals surface area contributed by atoms with Gasteiger partial charge >= 0.3 is 5.97 Å². The van der Waals surface area contributed by atoms with Crippen molar-refractivity contribution in [3.05, 3.63) is 34.9 Å². The highest BCUT2D eigenvalue weighted by Crippen LogP contribution is 2.25. The Morgan fingerprint density at radius 1 is 1.10 bits per heavy atom. The third-order valence-corrected chi connectivity index (χ3v) is 4.98. The number of quaternary nitrogens is 1. The van der Waals surface area contributed by atoms with Crippen LogP contribution in [0.5, 0.6) is 0 Å². The largest absolute Gasteiger partial charge is 0.458 e. The van der Waals surface area contributed by atoms with E-state index in [1.807, 2.05) is 26.0 Å². The Balaban J connectivity index is 1.67. The highest BCUT2D eigenvalue weighted by molar-refractivity contribution is 5.90. The van der Waals surface area contributed by atoms with Crippen molar-refractivity contribution in [2.75, 3.05) is 7.05 Å². The Labute approximate surface area is 120 Å². The number of hydrogen-bond acceptors (Lipinski definition) is 2. The van der Waals surface area contributed by atoms with E-state index in [2.05, 4.69) is 13.1 Å². The molecule has 2 fully saturated rings. The summed E-state index contributed by atoms with van der Waals surface area (Å²) >= 11 is 0. The molecule has 3 heteroatoms. The summed E-state index contributed by atoms with van der Waals surface area (Å²) in [6, 6.07) is 7.29. The Morgan fingerprint density at radius 3 is 2.20 bits per heavy atom. The smallest absolute Gasteiger partial charge is 0.338 e. The molecule has 0 unspecified atom stereocenters. The molecular formula is C17H24NO2+. The fourth-order valence-corrected chi connectivity index (χ4v) is 3.94. The lowest BCUT2D eigenvalue weighted by molar-refractivity contribution is -0.923. The molecular weight excluding hydrogens is 250 g/mol. The number of ether oxygens (including phenoxy) is 1. The van der Waals surface area contributed by atoms with Crippen molar-refractivity contribution in [1.29, 1.82) is 0 Å². The molecule has 1 aromatic carbocycles. The van der Waals surface area contributed by atoms with Crippen LogP contribution in [-0.2, 0) is 4.74 Å². The molecule has 0 saturated carbocycles. The maximum Gasteiger partial charge on any atom is 0.338 e. The van der Waals surface area contributed by atoms with E-state index >= 15 is 0 Å². The molecule has 108 valence electrons. The number of piperidine rings is 1. The molecule has 3 nitrogen and oxygen atoms in total. The maximum atomic E-state index is 12.3. The summed E-state index contributed by atoms with van der Waals surface area (Å²) in [5.74, 6) is -0.152. The van der Waals surface area contributed by atoms with Gasteiger partial charge in [-0.25, -0.2) is 4.79 Å². The van der Waals surface area contributed by atoms with Crippen LogP contribution in [0.4, 0.5) is 0 Å². The average Bonchev–Trinajstić information content (AvgIpc) is 2.61. The third-order valence-electron chi connectivity index (χ3n) is 4.98. The molecule has 2 aliphatic heterocycles. The lowest BCUT2D eigenvalue weighted by Crippen LogP contribution is -3.15. The number of esters is 1. The van der Waals surface area contributed by atoms with Crippen LogP contribution >= 0.6 is 0 Å². The molecule has 1 aromatic rings. The van der Waals surface area contributed by atoms with E-state index in [9.17, 15) is 4.79 Å². The molecule has 0 aromatic heterocycles. The maximum absolute atomic E-state index is 12.3. The molecule has 3 rings (SSSR count). The number of rotatable bonds is 2. The van der Waals surface area contributed by atoms with E-state index in [4.69, 9.17) is 4.74 Å². The molecule has 2 saturated heterocycles. The van der Waals surface area contributed by atoms with Gasteiger partial charge in [-0.2, -0.15) is 0 Å². The van der Waals surface area contributed by atoms with E-state index in [-0.39, 0.29) is 12.1 Å². The first-order valence-corrected chi connectivity index (χ1v) is 7.65. The van der Waals surface area contributed by atoms with E-state index in [0.717, 1.165) is 24.0 Å². The second kappa shape index (κ2) is 5.21. The van der Waals surface area contributed by atoms with Gasteiger partial charge in [0.15, 0.2) is 0 Å². The van der Waals surface area contributed by atoms with Gasteiger partial charge < -0.3 is 9.64 Å². The minimum atomic E-state index is -0.152. The van der Waals surface area contributed by atoms with Crippen molar-refractivity contribution in [3.8, 4) is 0 Å². The zero-order valence-electron chi connectivity index (χ0n) is 12.6. The molecule has 2 atom stereocenters. The summed E-state index contributed by atoms with van der Waals surface area (Å²) in [6.07, 6.45) is 4.74. The van der Waals surface area contributed by atoms with Crippen molar-refractivity contribution in [2.45, 2.75) is 57.7 Å².